The lowest BCUT2D eigenvalue weighted by Crippen LogP contribution is -2.42. The first-order chi connectivity index (χ1) is 14.5. The fourth-order valence-corrected chi connectivity index (χ4v) is 5.22. The van der Waals surface area contributed by atoms with Crippen LogP contribution in [0.5, 0.6) is 0 Å². The molecular weight excluding hydrogens is 390 g/mol. The lowest BCUT2D eigenvalue weighted by molar-refractivity contribution is 0.0117. The quantitative estimate of drug-likeness (QED) is 0.487. The molecule has 1 saturated heterocycles. The molecule has 0 spiro atoms. The van der Waals surface area contributed by atoms with Crippen molar-refractivity contribution < 1.29 is 5.11 Å². The van der Waals surface area contributed by atoms with Crippen molar-refractivity contribution in [3.8, 4) is 0 Å². The highest BCUT2D eigenvalue weighted by atomic mass is 35.5. The van der Waals surface area contributed by atoms with Gasteiger partial charge in [0.05, 0.1) is 11.6 Å². The summed E-state index contributed by atoms with van der Waals surface area (Å²) in [6, 6.07) is 29.5. The molecule has 1 heterocycles. The molecule has 3 aromatic carbocycles. The van der Waals surface area contributed by atoms with Crippen LogP contribution in [-0.4, -0.2) is 22.1 Å². The van der Waals surface area contributed by atoms with Crippen LogP contribution in [0.3, 0.4) is 0 Å². The number of hydrogen-bond acceptors (Lipinski definition) is 2. The summed E-state index contributed by atoms with van der Waals surface area (Å²) >= 11 is 6.70. The molecule has 0 aromatic heterocycles. The predicted octanol–water partition coefficient (Wildman–Crippen LogP) is 6.58. The molecule has 0 aliphatic carbocycles. The van der Waals surface area contributed by atoms with E-state index in [0.29, 0.717) is 12.5 Å². The van der Waals surface area contributed by atoms with E-state index in [-0.39, 0.29) is 12.1 Å². The number of likely N-dealkylation sites (tertiary alicyclic amines) is 1. The normalized spacial score (nSPS) is 22.5. The third-order valence-corrected chi connectivity index (χ3v) is 6.83. The summed E-state index contributed by atoms with van der Waals surface area (Å²) in [7, 11) is 0. The number of rotatable bonds is 6. The fraction of sp³-hybridized carbons (Fsp3) is 0.333. The minimum atomic E-state index is -0.879. The van der Waals surface area contributed by atoms with Crippen LogP contribution in [0.1, 0.15) is 55.8 Å². The topological polar surface area (TPSA) is 23.5 Å². The molecule has 4 unspecified atom stereocenters. The van der Waals surface area contributed by atoms with E-state index >= 15 is 0 Å². The third-order valence-electron chi connectivity index (χ3n) is 6.49. The van der Waals surface area contributed by atoms with Gasteiger partial charge in [0.15, 0.2) is 0 Å². The Morgan fingerprint density at radius 2 is 1.53 bits per heavy atom. The van der Waals surface area contributed by atoms with Gasteiger partial charge in [0, 0.05) is 17.1 Å². The van der Waals surface area contributed by atoms with Gasteiger partial charge in [0.2, 0.25) is 0 Å². The highest BCUT2D eigenvalue weighted by molar-refractivity contribution is 6.31. The zero-order valence-electron chi connectivity index (χ0n) is 17.7. The minimum Gasteiger partial charge on any atom is -0.385 e. The lowest BCUT2D eigenvalue weighted by atomic mass is 9.87. The van der Waals surface area contributed by atoms with Gasteiger partial charge in [-0.2, -0.15) is 0 Å². The summed E-state index contributed by atoms with van der Waals surface area (Å²) in [4.78, 5) is 2.58. The van der Waals surface area contributed by atoms with Gasteiger partial charge >= 0.3 is 0 Å². The summed E-state index contributed by atoms with van der Waals surface area (Å²) in [6.07, 6.45) is 2.87. The van der Waals surface area contributed by atoms with E-state index in [1.807, 2.05) is 49.4 Å². The second-order valence-electron chi connectivity index (χ2n) is 8.71. The first kappa shape index (κ1) is 21.1. The van der Waals surface area contributed by atoms with Crippen LogP contribution in [0.15, 0.2) is 84.9 Å². The van der Waals surface area contributed by atoms with Crippen molar-refractivity contribution in [2.45, 2.75) is 56.8 Å². The first-order valence-corrected chi connectivity index (χ1v) is 11.2. The van der Waals surface area contributed by atoms with Crippen LogP contribution in [0.4, 0.5) is 0 Å². The van der Waals surface area contributed by atoms with Gasteiger partial charge in [-0.3, -0.25) is 4.90 Å². The van der Waals surface area contributed by atoms with Gasteiger partial charge in [0.25, 0.3) is 0 Å². The number of aliphatic hydroxyl groups is 1. The Kier molecular flexibility index (Phi) is 6.29. The lowest BCUT2D eigenvalue weighted by Gasteiger charge is -2.40. The van der Waals surface area contributed by atoms with Crippen molar-refractivity contribution in [1.82, 2.24) is 4.90 Å². The Labute approximate surface area is 185 Å². The van der Waals surface area contributed by atoms with E-state index in [2.05, 4.69) is 54.3 Å². The molecule has 0 saturated carbocycles. The second-order valence-corrected chi connectivity index (χ2v) is 9.11. The zero-order chi connectivity index (χ0) is 21.1. The Morgan fingerprint density at radius 1 is 0.933 bits per heavy atom. The number of halogens is 1. The van der Waals surface area contributed by atoms with E-state index in [0.717, 1.165) is 29.0 Å². The van der Waals surface area contributed by atoms with Crippen LogP contribution < -0.4 is 0 Å². The van der Waals surface area contributed by atoms with Crippen molar-refractivity contribution in [2.24, 2.45) is 0 Å². The van der Waals surface area contributed by atoms with Gasteiger partial charge in [-0.05, 0) is 55.9 Å². The average Bonchev–Trinajstić information content (AvgIpc) is 3.10. The van der Waals surface area contributed by atoms with E-state index in [1.165, 1.54) is 5.56 Å². The van der Waals surface area contributed by atoms with E-state index in [1.54, 1.807) is 0 Å². The van der Waals surface area contributed by atoms with Crippen LogP contribution in [0, 0.1) is 0 Å². The number of hydrogen-bond donors (Lipinski definition) is 1. The molecule has 1 aliphatic rings. The molecule has 1 N–H and O–H groups in total. The maximum atomic E-state index is 11.4. The molecule has 3 aromatic rings. The maximum absolute atomic E-state index is 11.4. The second kappa shape index (κ2) is 8.93. The van der Waals surface area contributed by atoms with Crippen molar-refractivity contribution in [2.75, 3.05) is 0 Å². The third kappa shape index (κ3) is 4.32. The van der Waals surface area contributed by atoms with Gasteiger partial charge in [-0.1, -0.05) is 90.5 Å². The fourth-order valence-electron chi connectivity index (χ4n) is 4.98. The molecule has 0 amide bonds. The summed E-state index contributed by atoms with van der Waals surface area (Å²) in [6.45, 7) is 4.24. The molecule has 1 fully saturated rings. The van der Waals surface area contributed by atoms with Crippen LogP contribution in [0.25, 0.3) is 0 Å². The smallest absolute Gasteiger partial charge is 0.0883 e. The molecule has 156 valence electrons. The molecule has 1 aliphatic heterocycles. The summed E-state index contributed by atoms with van der Waals surface area (Å²) in [5.74, 6) is 0. The Bertz CT molecular complexity index is 957. The predicted molar refractivity (Wildman–Crippen MR) is 125 cm³/mol. The standard InChI is InChI=1S/C27H30ClNO/c1-20-17-18-23(19-27(2,30)22-13-7-4-8-14-22)29(20)26(21-11-5-3-6-12-21)24-15-9-10-16-25(24)28/h3-16,20,23,26,30H,17-19H2,1-2H3. The monoisotopic (exact) mass is 419 g/mol. The van der Waals surface area contributed by atoms with E-state index < -0.39 is 5.60 Å². The van der Waals surface area contributed by atoms with Crippen molar-refractivity contribution in [1.29, 1.82) is 0 Å². The average molecular weight is 420 g/mol. The highest BCUT2D eigenvalue weighted by Gasteiger charge is 2.41. The Morgan fingerprint density at radius 3 is 2.20 bits per heavy atom. The van der Waals surface area contributed by atoms with E-state index in [9.17, 15) is 5.11 Å². The summed E-state index contributed by atoms with van der Waals surface area (Å²) in [5.41, 5.74) is 2.46. The molecule has 4 atom stereocenters. The number of nitrogens with zero attached hydrogens (tertiary/aromatic N) is 1. The SMILES string of the molecule is CC1CCC(CC(C)(O)c2ccccc2)N1C(c1ccccc1)c1ccccc1Cl. The molecule has 4 rings (SSSR count). The number of benzene rings is 3. The van der Waals surface area contributed by atoms with E-state index in [4.69, 9.17) is 11.6 Å². The van der Waals surface area contributed by atoms with Crippen LogP contribution in [0.2, 0.25) is 5.02 Å². The van der Waals surface area contributed by atoms with Crippen molar-refractivity contribution in [3.63, 3.8) is 0 Å². The van der Waals surface area contributed by atoms with Gasteiger partial charge in [-0.25, -0.2) is 0 Å². The van der Waals surface area contributed by atoms with Gasteiger partial charge < -0.3 is 5.11 Å². The molecule has 0 bridgehead atoms. The van der Waals surface area contributed by atoms with Gasteiger partial charge in [-0.15, -0.1) is 0 Å². The molecule has 30 heavy (non-hydrogen) atoms. The molecule has 0 radical (unpaired) electrons. The van der Waals surface area contributed by atoms with Crippen molar-refractivity contribution >= 4 is 11.6 Å². The van der Waals surface area contributed by atoms with Crippen LogP contribution in [-0.2, 0) is 5.60 Å². The zero-order valence-corrected chi connectivity index (χ0v) is 18.5. The van der Waals surface area contributed by atoms with Gasteiger partial charge in [0.1, 0.15) is 0 Å². The summed E-state index contributed by atoms with van der Waals surface area (Å²) < 4.78 is 0. The first-order valence-electron chi connectivity index (χ1n) is 10.8. The van der Waals surface area contributed by atoms with Crippen molar-refractivity contribution in [3.05, 3.63) is 107 Å². The molecular formula is C27H30ClNO. The Balaban J connectivity index is 1.72. The summed E-state index contributed by atoms with van der Waals surface area (Å²) in [5, 5.41) is 12.2. The minimum absolute atomic E-state index is 0.0639. The maximum Gasteiger partial charge on any atom is 0.0883 e. The Hall–Kier alpha value is -2.13. The van der Waals surface area contributed by atoms with Crippen LogP contribution >= 0.6 is 11.6 Å². The largest absolute Gasteiger partial charge is 0.385 e. The molecule has 2 nitrogen and oxygen atoms in total. The molecule has 3 heteroatoms. The highest BCUT2D eigenvalue weighted by Crippen LogP contribution is 2.43.